The first-order valence-corrected chi connectivity index (χ1v) is 21.6. The second-order valence-corrected chi connectivity index (χ2v) is 16.7. The van der Waals surface area contributed by atoms with Crippen molar-refractivity contribution in [1.82, 2.24) is 0 Å². The molecule has 0 aliphatic carbocycles. The Kier molecular flexibility index (Phi) is 8.39. The molecule has 0 unspecified atom stereocenters. The molecular formula is C58H37NOS. The third-order valence-corrected chi connectivity index (χ3v) is 13.2. The maximum atomic E-state index is 6.47. The van der Waals surface area contributed by atoms with Crippen LogP contribution < -0.4 is 4.90 Å². The van der Waals surface area contributed by atoms with Gasteiger partial charge in [0.25, 0.3) is 0 Å². The van der Waals surface area contributed by atoms with E-state index in [0.29, 0.717) is 0 Å². The van der Waals surface area contributed by atoms with Crippen molar-refractivity contribution in [1.29, 1.82) is 0 Å². The fraction of sp³-hybridized carbons (Fsp3) is 0. The summed E-state index contributed by atoms with van der Waals surface area (Å²) in [6.45, 7) is 0. The summed E-state index contributed by atoms with van der Waals surface area (Å²) in [5.41, 5.74) is 14.5. The van der Waals surface area contributed by atoms with E-state index < -0.39 is 0 Å². The molecule has 286 valence electrons. The van der Waals surface area contributed by atoms with Crippen LogP contribution in [0.4, 0.5) is 17.1 Å². The summed E-state index contributed by atoms with van der Waals surface area (Å²) in [5, 5.41) is 7.35. The predicted molar refractivity (Wildman–Crippen MR) is 261 cm³/mol. The van der Waals surface area contributed by atoms with E-state index in [0.717, 1.165) is 50.1 Å². The Morgan fingerprint density at radius 1 is 0.344 bits per heavy atom. The molecule has 2 nitrogen and oxygen atoms in total. The number of thiophene rings is 1. The summed E-state index contributed by atoms with van der Waals surface area (Å²) in [6.07, 6.45) is 0. The maximum Gasteiger partial charge on any atom is 0.143 e. The zero-order valence-electron chi connectivity index (χ0n) is 33.1. The molecule has 0 amide bonds. The molecule has 0 aliphatic heterocycles. The molecule has 0 spiro atoms. The SMILES string of the molecule is c1cc(-c2ccc(N(c3ccc(-c4cccc5c4oc4ccccc45)cc3)c3ccccc3-c3cccc4sc5ccccc5c34)cc2)cc(-c2ccc3ccccc3c2)c1. The lowest BCUT2D eigenvalue weighted by molar-refractivity contribution is 0.670. The minimum Gasteiger partial charge on any atom is -0.455 e. The van der Waals surface area contributed by atoms with Gasteiger partial charge in [0.1, 0.15) is 11.2 Å². The largest absolute Gasteiger partial charge is 0.455 e. The van der Waals surface area contributed by atoms with Crippen molar-refractivity contribution < 1.29 is 4.42 Å². The molecule has 0 radical (unpaired) electrons. The van der Waals surface area contributed by atoms with Gasteiger partial charge in [-0.15, -0.1) is 11.3 Å². The minimum absolute atomic E-state index is 0.904. The van der Waals surface area contributed by atoms with Crippen molar-refractivity contribution in [2.45, 2.75) is 0 Å². The molecule has 0 N–H and O–H groups in total. The van der Waals surface area contributed by atoms with Crippen molar-refractivity contribution in [3.8, 4) is 44.5 Å². The van der Waals surface area contributed by atoms with Crippen LogP contribution in [0.2, 0.25) is 0 Å². The Balaban J connectivity index is 0.983. The Bertz CT molecular complexity index is 3590. The van der Waals surface area contributed by atoms with Crippen LogP contribution >= 0.6 is 11.3 Å². The number of fused-ring (bicyclic) bond motifs is 7. The molecule has 12 aromatic rings. The van der Waals surface area contributed by atoms with E-state index in [1.165, 1.54) is 64.3 Å². The molecule has 2 heterocycles. The number of hydrogen-bond donors (Lipinski definition) is 0. The zero-order valence-corrected chi connectivity index (χ0v) is 33.9. The van der Waals surface area contributed by atoms with Crippen molar-refractivity contribution in [2.75, 3.05) is 4.90 Å². The molecule has 0 aliphatic rings. The van der Waals surface area contributed by atoms with E-state index in [4.69, 9.17) is 4.42 Å². The fourth-order valence-electron chi connectivity index (χ4n) is 9.14. The van der Waals surface area contributed by atoms with Crippen molar-refractivity contribution in [3.05, 3.63) is 224 Å². The quantitative estimate of drug-likeness (QED) is 0.160. The number of para-hydroxylation sites is 3. The van der Waals surface area contributed by atoms with Gasteiger partial charge in [-0.25, -0.2) is 0 Å². The number of anilines is 3. The van der Waals surface area contributed by atoms with Gasteiger partial charge in [0, 0.05) is 53.4 Å². The molecular weight excluding hydrogens is 759 g/mol. The van der Waals surface area contributed by atoms with Crippen LogP contribution in [0.3, 0.4) is 0 Å². The number of rotatable bonds is 7. The highest BCUT2D eigenvalue weighted by atomic mass is 32.1. The third-order valence-electron chi connectivity index (χ3n) is 12.1. The fourth-order valence-corrected chi connectivity index (χ4v) is 10.3. The van der Waals surface area contributed by atoms with Crippen LogP contribution in [0.15, 0.2) is 229 Å². The first-order chi connectivity index (χ1) is 30.2. The first kappa shape index (κ1) is 35.2. The summed E-state index contributed by atoms with van der Waals surface area (Å²) >= 11 is 1.86. The molecule has 0 fully saturated rings. The second kappa shape index (κ2) is 14.5. The van der Waals surface area contributed by atoms with Gasteiger partial charge in [0.05, 0.1) is 5.69 Å². The van der Waals surface area contributed by atoms with Gasteiger partial charge >= 0.3 is 0 Å². The Morgan fingerprint density at radius 3 is 1.77 bits per heavy atom. The minimum atomic E-state index is 0.904. The van der Waals surface area contributed by atoms with Gasteiger partial charge in [-0.1, -0.05) is 164 Å². The van der Waals surface area contributed by atoms with E-state index in [1.54, 1.807) is 0 Å². The molecule has 0 atom stereocenters. The van der Waals surface area contributed by atoms with E-state index in [2.05, 4.69) is 217 Å². The first-order valence-electron chi connectivity index (χ1n) is 20.7. The van der Waals surface area contributed by atoms with Crippen molar-refractivity contribution in [2.24, 2.45) is 0 Å². The maximum absolute atomic E-state index is 6.47. The molecule has 10 aromatic carbocycles. The van der Waals surface area contributed by atoms with E-state index in [9.17, 15) is 0 Å². The zero-order chi connectivity index (χ0) is 40.3. The molecule has 0 bridgehead atoms. The number of furan rings is 1. The predicted octanol–water partition coefficient (Wildman–Crippen LogP) is 17.2. The average molecular weight is 796 g/mol. The van der Waals surface area contributed by atoms with Crippen LogP contribution in [0.25, 0.3) is 97.4 Å². The molecule has 2 aromatic heterocycles. The van der Waals surface area contributed by atoms with E-state index in [1.807, 2.05) is 23.5 Å². The summed E-state index contributed by atoms with van der Waals surface area (Å²) in [4.78, 5) is 2.41. The highest BCUT2D eigenvalue weighted by molar-refractivity contribution is 7.25. The van der Waals surface area contributed by atoms with Gasteiger partial charge in [0.15, 0.2) is 0 Å². The highest BCUT2D eigenvalue weighted by Gasteiger charge is 2.21. The van der Waals surface area contributed by atoms with Crippen molar-refractivity contribution in [3.63, 3.8) is 0 Å². The normalized spacial score (nSPS) is 11.6. The summed E-state index contributed by atoms with van der Waals surface area (Å²) in [6, 6.07) is 81.2. The van der Waals surface area contributed by atoms with Crippen LogP contribution in [-0.4, -0.2) is 0 Å². The monoisotopic (exact) mass is 795 g/mol. The third kappa shape index (κ3) is 6.09. The standard InChI is InChI=1S/C58H37NOS/c1-2-13-41-37-44(27-26-38(41)12-1)43-15-9-14-42(36-43)39-28-32-45(33-29-39)59(46-34-30-40(31-35-46)47-19-10-21-51-49-17-4-7-23-54(49)60-58(47)51)53-22-6-3-16-48(53)50-20-11-25-56-57(50)52-18-5-8-24-55(52)61-56/h1-37H. The number of benzene rings is 10. The Labute approximate surface area is 357 Å². The summed E-state index contributed by atoms with van der Waals surface area (Å²) in [7, 11) is 0. The number of hydrogen-bond acceptors (Lipinski definition) is 3. The van der Waals surface area contributed by atoms with Crippen LogP contribution in [0.1, 0.15) is 0 Å². The lowest BCUT2D eigenvalue weighted by Gasteiger charge is -2.28. The lowest BCUT2D eigenvalue weighted by Crippen LogP contribution is -2.11. The van der Waals surface area contributed by atoms with Crippen LogP contribution in [0.5, 0.6) is 0 Å². The lowest BCUT2D eigenvalue weighted by atomic mass is 9.96. The molecule has 0 saturated carbocycles. The van der Waals surface area contributed by atoms with Crippen molar-refractivity contribution >= 4 is 81.3 Å². The molecule has 12 rings (SSSR count). The second-order valence-electron chi connectivity index (χ2n) is 15.6. The van der Waals surface area contributed by atoms with Crippen LogP contribution in [0, 0.1) is 0 Å². The van der Waals surface area contributed by atoms with Gasteiger partial charge in [-0.2, -0.15) is 0 Å². The van der Waals surface area contributed by atoms with Gasteiger partial charge in [-0.3, -0.25) is 0 Å². The van der Waals surface area contributed by atoms with E-state index in [-0.39, 0.29) is 0 Å². The number of nitrogens with zero attached hydrogens (tertiary/aromatic N) is 1. The Morgan fingerprint density at radius 2 is 0.918 bits per heavy atom. The smallest absolute Gasteiger partial charge is 0.143 e. The molecule has 61 heavy (non-hydrogen) atoms. The van der Waals surface area contributed by atoms with Gasteiger partial charge < -0.3 is 9.32 Å². The van der Waals surface area contributed by atoms with Gasteiger partial charge in [0.2, 0.25) is 0 Å². The topological polar surface area (TPSA) is 16.4 Å². The van der Waals surface area contributed by atoms with Gasteiger partial charge in [-0.05, 0) is 105 Å². The Hall–Kier alpha value is -7.72. The van der Waals surface area contributed by atoms with E-state index >= 15 is 0 Å². The molecule has 0 saturated heterocycles. The average Bonchev–Trinajstić information content (AvgIpc) is 3.91. The summed E-state index contributed by atoms with van der Waals surface area (Å²) in [5.74, 6) is 0. The van der Waals surface area contributed by atoms with Crippen LogP contribution in [-0.2, 0) is 0 Å². The molecule has 3 heteroatoms. The highest BCUT2D eigenvalue weighted by Crippen LogP contribution is 2.47. The summed E-state index contributed by atoms with van der Waals surface area (Å²) < 4.78 is 9.06.